The van der Waals surface area contributed by atoms with Gasteiger partial charge in [0.25, 0.3) is 11.1 Å². The van der Waals surface area contributed by atoms with Gasteiger partial charge in [-0.3, -0.25) is 19.3 Å². The van der Waals surface area contributed by atoms with Gasteiger partial charge >= 0.3 is 0 Å². The maximum Gasteiger partial charge on any atom is 0.293 e. The standard InChI is InChI=1S/C25H28N2O6S/c1-31-19-14-18(15-20(32-2)23(19)33-3)16-21-24(29)27(25(30)34-21)13-12-26-22(28)11-7-10-17-8-5-4-6-9-17/h4-6,8-9,14-16H,7,10-13H2,1-3H3,(H,26,28)/b21-16-. The molecule has 3 amide bonds. The van der Waals surface area contributed by atoms with E-state index in [-0.39, 0.29) is 29.1 Å². The van der Waals surface area contributed by atoms with Gasteiger partial charge in [-0.25, -0.2) is 0 Å². The van der Waals surface area contributed by atoms with E-state index < -0.39 is 5.91 Å². The van der Waals surface area contributed by atoms with Crippen molar-refractivity contribution in [1.82, 2.24) is 10.2 Å². The Balaban J connectivity index is 1.54. The largest absolute Gasteiger partial charge is 0.493 e. The number of thioether (sulfide) groups is 1. The highest BCUT2D eigenvalue weighted by Gasteiger charge is 2.34. The predicted octanol–water partition coefficient (Wildman–Crippen LogP) is 3.89. The lowest BCUT2D eigenvalue weighted by Crippen LogP contribution is -2.37. The maximum atomic E-state index is 12.8. The minimum Gasteiger partial charge on any atom is -0.493 e. The molecule has 180 valence electrons. The van der Waals surface area contributed by atoms with Crippen LogP contribution in [0.2, 0.25) is 0 Å². The Morgan fingerprint density at radius 1 is 1.03 bits per heavy atom. The van der Waals surface area contributed by atoms with Crippen LogP contribution in [-0.4, -0.2) is 56.4 Å². The highest BCUT2D eigenvalue weighted by atomic mass is 32.2. The molecule has 8 nitrogen and oxygen atoms in total. The van der Waals surface area contributed by atoms with Crippen LogP contribution in [0.5, 0.6) is 17.2 Å². The summed E-state index contributed by atoms with van der Waals surface area (Å²) < 4.78 is 16.0. The topological polar surface area (TPSA) is 94.2 Å². The molecule has 0 aliphatic carbocycles. The van der Waals surface area contributed by atoms with Gasteiger partial charge in [-0.05, 0) is 53.9 Å². The Morgan fingerprint density at radius 2 is 1.71 bits per heavy atom. The van der Waals surface area contributed by atoms with E-state index in [1.54, 1.807) is 18.2 Å². The summed E-state index contributed by atoms with van der Waals surface area (Å²) in [6, 6.07) is 13.4. The van der Waals surface area contributed by atoms with Gasteiger partial charge in [0.2, 0.25) is 11.7 Å². The molecular formula is C25H28N2O6S. The fourth-order valence-corrected chi connectivity index (χ4v) is 4.39. The molecule has 0 aromatic heterocycles. The van der Waals surface area contributed by atoms with Crippen molar-refractivity contribution in [3.05, 3.63) is 58.5 Å². The summed E-state index contributed by atoms with van der Waals surface area (Å²) in [7, 11) is 4.52. The third kappa shape index (κ3) is 6.32. The predicted molar refractivity (Wildman–Crippen MR) is 131 cm³/mol. The first kappa shape index (κ1) is 25.2. The van der Waals surface area contributed by atoms with Crippen molar-refractivity contribution < 1.29 is 28.6 Å². The second-order valence-corrected chi connectivity index (χ2v) is 8.47. The number of nitrogens with zero attached hydrogens (tertiary/aromatic N) is 1. The van der Waals surface area contributed by atoms with Crippen LogP contribution in [0.3, 0.4) is 0 Å². The molecule has 1 aliphatic heterocycles. The number of hydrogen-bond donors (Lipinski definition) is 1. The summed E-state index contributed by atoms with van der Waals surface area (Å²) in [4.78, 5) is 38.7. The van der Waals surface area contributed by atoms with Gasteiger partial charge in [0.05, 0.1) is 26.2 Å². The number of benzene rings is 2. The van der Waals surface area contributed by atoms with Crippen LogP contribution in [-0.2, 0) is 16.0 Å². The van der Waals surface area contributed by atoms with Crippen LogP contribution < -0.4 is 19.5 Å². The van der Waals surface area contributed by atoms with Crippen molar-refractivity contribution in [3.63, 3.8) is 0 Å². The highest BCUT2D eigenvalue weighted by Crippen LogP contribution is 2.40. The number of methoxy groups -OCH3 is 3. The molecule has 0 atom stereocenters. The zero-order chi connectivity index (χ0) is 24.5. The Hall–Kier alpha value is -3.46. The fourth-order valence-electron chi connectivity index (χ4n) is 3.52. The van der Waals surface area contributed by atoms with E-state index in [4.69, 9.17) is 14.2 Å². The average Bonchev–Trinajstić information content (AvgIpc) is 3.11. The minimum absolute atomic E-state index is 0.101. The quantitative estimate of drug-likeness (QED) is 0.484. The third-order valence-corrected chi connectivity index (χ3v) is 6.14. The number of rotatable bonds is 11. The summed E-state index contributed by atoms with van der Waals surface area (Å²) in [5, 5.41) is 2.41. The lowest BCUT2D eigenvalue weighted by molar-refractivity contribution is -0.124. The second kappa shape index (κ2) is 12.1. The molecular weight excluding hydrogens is 456 g/mol. The van der Waals surface area contributed by atoms with Gasteiger partial charge in [0.15, 0.2) is 11.5 Å². The zero-order valence-corrected chi connectivity index (χ0v) is 20.3. The molecule has 0 radical (unpaired) electrons. The van der Waals surface area contributed by atoms with E-state index >= 15 is 0 Å². The number of hydrogen-bond acceptors (Lipinski definition) is 7. The van der Waals surface area contributed by atoms with Gasteiger partial charge in [-0.1, -0.05) is 30.3 Å². The first-order valence-corrected chi connectivity index (χ1v) is 11.6. The number of carbonyl (C=O) groups excluding carboxylic acids is 3. The van der Waals surface area contributed by atoms with Crippen molar-refractivity contribution in [1.29, 1.82) is 0 Å². The molecule has 1 heterocycles. The van der Waals surface area contributed by atoms with Crippen LogP contribution >= 0.6 is 11.8 Å². The average molecular weight is 485 g/mol. The third-order valence-electron chi connectivity index (χ3n) is 5.23. The van der Waals surface area contributed by atoms with Crippen molar-refractivity contribution in [2.45, 2.75) is 19.3 Å². The maximum absolute atomic E-state index is 12.8. The SMILES string of the molecule is COc1cc(/C=C2\SC(=O)N(CCNC(=O)CCCc3ccccc3)C2=O)cc(OC)c1OC. The summed E-state index contributed by atoms with van der Waals surface area (Å²) >= 11 is 0.857. The molecule has 0 spiro atoms. The summed E-state index contributed by atoms with van der Waals surface area (Å²) in [5.74, 6) is 0.831. The van der Waals surface area contributed by atoms with Gasteiger partial charge in [-0.15, -0.1) is 0 Å². The van der Waals surface area contributed by atoms with Gasteiger partial charge < -0.3 is 19.5 Å². The molecule has 0 saturated carbocycles. The number of carbonyl (C=O) groups is 3. The van der Waals surface area contributed by atoms with Gasteiger partial charge in [0.1, 0.15) is 0 Å². The number of nitrogens with one attached hydrogen (secondary N) is 1. The Labute approximate surface area is 203 Å². The molecule has 0 unspecified atom stereocenters. The number of ether oxygens (including phenoxy) is 3. The molecule has 2 aromatic rings. The Kier molecular flexibility index (Phi) is 8.98. The lowest BCUT2D eigenvalue weighted by atomic mass is 10.1. The van der Waals surface area contributed by atoms with E-state index in [0.29, 0.717) is 29.2 Å². The second-order valence-electron chi connectivity index (χ2n) is 7.48. The summed E-state index contributed by atoms with van der Waals surface area (Å²) in [6.07, 6.45) is 3.55. The number of imide groups is 1. The number of amides is 3. The highest BCUT2D eigenvalue weighted by molar-refractivity contribution is 8.18. The molecule has 1 N–H and O–H groups in total. The van der Waals surface area contributed by atoms with Crippen molar-refractivity contribution in [2.75, 3.05) is 34.4 Å². The minimum atomic E-state index is -0.401. The molecule has 1 fully saturated rings. The molecule has 2 aromatic carbocycles. The molecule has 3 rings (SSSR count). The van der Waals surface area contributed by atoms with Crippen molar-refractivity contribution >= 4 is 34.9 Å². The van der Waals surface area contributed by atoms with Crippen LogP contribution in [0.4, 0.5) is 4.79 Å². The van der Waals surface area contributed by atoms with Crippen LogP contribution in [0.25, 0.3) is 6.08 Å². The van der Waals surface area contributed by atoms with Crippen molar-refractivity contribution in [3.8, 4) is 17.2 Å². The van der Waals surface area contributed by atoms with Crippen molar-refractivity contribution in [2.24, 2.45) is 0 Å². The monoisotopic (exact) mass is 484 g/mol. The fraction of sp³-hybridized carbons (Fsp3) is 0.320. The molecule has 0 bridgehead atoms. The molecule has 34 heavy (non-hydrogen) atoms. The van der Waals surface area contributed by atoms with E-state index in [9.17, 15) is 14.4 Å². The van der Waals surface area contributed by atoms with Crippen LogP contribution in [0, 0.1) is 0 Å². The van der Waals surface area contributed by atoms with E-state index in [0.717, 1.165) is 29.5 Å². The molecule has 9 heteroatoms. The summed E-state index contributed by atoms with van der Waals surface area (Å²) in [6.45, 7) is 0.321. The van der Waals surface area contributed by atoms with Crippen LogP contribution in [0.1, 0.15) is 24.0 Å². The Bertz CT molecular complexity index is 1050. The van der Waals surface area contributed by atoms with E-state index in [2.05, 4.69) is 5.32 Å². The van der Waals surface area contributed by atoms with Gasteiger partial charge in [0, 0.05) is 19.5 Å². The Morgan fingerprint density at radius 3 is 2.32 bits per heavy atom. The number of aryl methyl sites for hydroxylation is 1. The van der Waals surface area contributed by atoms with Crippen LogP contribution in [0.15, 0.2) is 47.4 Å². The smallest absolute Gasteiger partial charge is 0.293 e. The summed E-state index contributed by atoms with van der Waals surface area (Å²) in [5.41, 5.74) is 1.82. The zero-order valence-electron chi connectivity index (χ0n) is 19.5. The first-order valence-electron chi connectivity index (χ1n) is 10.8. The molecule has 1 saturated heterocycles. The normalized spacial score (nSPS) is 14.4. The lowest BCUT2D eigenvalue weighted by Gasteiger charge is -2.13. The van der Waals surface area contributed by atoms with Gasteiger partial charge in [-0.2, -0.15) is 0 Å². The molecule has 1 aliphatic rings. The van der Waals surface area contributed by atoms with E-state index in [1.165, 1.54) is 26.9 Å². The first-order chi connectivity index (χ1) is 16.5. The van der Waals surface area contributed by atoms with E-state index in [1.807, 2.05) is 30.3 Å².